The van der Waals surface area contributed by atoms with E-state index in [1.165, 1.54) is 24.8 Å². The van der Waals surface area contributed by atoms with Gasteiger partial charge < -0.3 is 5.73 Å². The van der Waals surface area contributed by atoms with Gasteiger partial charge in [0.05, 0.1) is 17.8 Å². The first-order valence-electron chi connectivity index (χ1n) is 11.8. The van der Waals surface area contributed by atoms with E-state index in [0.29, 0.717) is 13.1 Å². The fraction of sp³-hybridized carbons (Fsp3) is 0.407. The van der Waals surface area contributed by atoms with Gasteiger partial charge in [-0.25, -0.2) is 4.98 Å². The largest absolute Gasteiger partial charge is 0.330 e. The van der Waals surface area contributed by atoms with Crippen molar-refractivity contribution in [1.82, 2.24) is 9.55 Å². The van der Waals surface area contributed by atoms with Crippen molar-refractivity contribution in [2.45, 2.75) is 62.1 Å². The molecule has 2 aromatic carbocycles. The topological polar surface area (TPSA) is 60.9 Å². The lowest BCUT2D eigenvalue weighted by Crippen LogP contribution is -2.43. The summed E-state index contributed by atoms with van der Waals surface area (Å²) in [5.41, 5.74) is 11.3. The maximum atomic E-state index is 14.2. The van der Waals surface area contributed by atoms with Crippen molar-refractivity contribution < 1.29 is 0 Å². The molecule has 2 aliphatic rings. The summed E-state index contributed by atoms with van der Waals surface area (Å²) in [6.07, 6.45) is 7.66. The van der Waals surface area contributed by atoms with Crippen LogP contribution in [0.2, 0.25) is 0 Å². The van der Waals surface area contributed by atoms with Gasteiger partial charge in [0.2, 0.25) is 0 Å². The number of rotatable bonds is 6. The molecule has 0 unspecified atom stereocenters. The third kappa shape index (κ3) is 3.93. The molecule has 2 aliphatic carbocycles. The zero-order chi connectivity index (χ0) is 22.0. The van der Waals surface area contributed by atoms with Gasteiger partial charge in [0.15, 0.2) is 5.16 Å². The summed E-state index contributed by atoms with van der Waals surface area (Å²) >= 11 is 1.66. The Balaban J connectivity index is 1.71. The Bertz CT molecular complexity index is 1150. The lowest BCUT2D eigenvalue weighted by Gasteiger charge is -2.42. The maximum absolute atomic E-state index is 14.2. The van der Waals surface area contributed by atoms with Crippen LogP contribution in [-0.2, 0) is 18.4 Å². The quantitative estimate of drug-likeness (QED) is 0.323. The third-order valence-corrected chi connectivity index (χ3v) is 8.10. The molecule has 0 atom stereocenters. The lowest BCUT2D eigenvalue weighted by molar-refractivity contribution is 0.282. The number of benzene rings is 2. The summed E-state index contributed by atoms with van der Waals surface area (Å²) < 4.78 is 1.93. The van der Waals surface area contributed by atoms with E-state index in [0.717, 1.165) is 59.0 Å². The first-order chi connectivity index (χ1) is 15.7. The summed E-state index contributed by atoms with van der Waals surface area (Å²) in [5.74, 6) is 0.864. The molecule has 1 saturated carbocycles. The van der Waals surface area contributed by atoms with Crippen LogP contribution in [0.1, 0.15) is 55.2 Å². The Hall–Kier alpha value is -2.37. The smallest absolute Gasteiger partial charge is 0.258 e. The number of thioether (sulfide) groups is 1. The fourth-order valence-corrected chi connectivity index (χ4v) is 6.44. The maximum Gasteiger partial charge on any atom is 0.258 e. The molecule has 5 heteroatoms. The summed E-state index contributed by atoms with van der Waals surface area (Å²) in [5, 5.41) is 0.814. The number of fused-ring (bicyclic) bond motifs is 4. The monoisotopic (exact) mass is 445 g/mol. The Kier molecular flexibility index (Phi) is 6.20. The van der Waals surface area contributed by atoms with Crippen LogP contribution in [0.5, 0.6) is 0 Å². The van der Waals surface area contributed by atoms with E-state index in [2.05, 4.69) is 36.4 Å². The molecule has 1 fully saturated rings. The molecule has 0 amide bonds. The van der Waals surface area contributed by atoms with Crippen molar-refractivity contribution >= 4 is 11.8 Å². The normalized spacial score (nSPS) is 16.5. The zero-order valence-corrected chi connectivity index (χ0v) is 19.4. The van der Waals surface area contributed by atoms with Crippen LogP contribution in [0.3, 0.4) is 0 Å². The first-order valence-corrected chi connectivity index (χ1v) is 12.8. The Morgan fingerprint density at radius 3 is 2.53 bits per heavy atom. The van der Waals surface area contributed by atoms with Gasteiger partial charge in [0, 0.05) is 16.7 Å². The average molecular weight is 446 g/mol. The minimum absolute atomic E-state index is 0.0785. The van der Waals surface area contributed by atoms with Crippen molar-refractivity contribution in [2.24, 2.45) is 5.73 Å². The molecule has 166 valence electrons. The Morgan fingerprint density at radius 1 is 1.00 bits per heavy atom. The van der Waals surface area contributed by atoms with Gasteiger partial charge in [-0.1, -0.05) is 85.6 Å². The molecular formula is C27H31N3OS. The van der Waals surface area contributed by atoms with Gasteiger partial charge in [0.1, 0.15) is 0 Å². The summed E-state index contributed by atoms with van der Waals surface area (Å²) in [6.45, 7) is 1.20. The van der Waals surface area contributed by atoms with E-state index >= 15 is 0 Å². The van der Waals surface area contributed by atoms with Gasteiger partial charge in [-0.05, 0) is 43.4 Å². The van der Waals surface area contributed by atoms with E-state index in [1.54, 1.807) is 11.8 Å². The highest BCUT2D eigenvalue weighted by atomic mass is 32.2. The van der Waals surface area contributed by atoms with Crippen molar-refractivity contribution in [2.75, 3.05) is 12.3 Å². The number of hydrogen-bond donors (Lipinski definition) is 1. The van der Waals surface area contributed by atoms with E-state index in [-0.39, 0.29) is 11.0 Å². The van der Waals surface area contributed by atoms with Gasteiger partial charge in [0.25, 0.3) is 5.56 Å². The van der Waals surface area contributed by atoms with E-state index in [4.69, 9.17) is 10.7 Å². The Labute approximate surface area is 194 Å². The minimum Gasteiger partial charge on any atom is -0.330 e. The Morgan fingerprint density at radius 2 is 1.75 bits per heavy atom. The summed E-state index contributed by atoms with van der Waals surface area (Å²) in [7, 11) is 0. The fourth-order valence-electron chi connectivity index (χ4n) is 5.48. The standard InChI is InChI=1S/C27H31N3OS/c28-16-9-17-32-26-29-24-22-13-6-5-12-21(22)18-27(14-7-2-8-15-27)23(24)25(31)30(26)19-20-10-3-1-4-11-20/h1,3-6,10-13H,2,7-9,14-19,28H2. The molecule has 0 bridgehead atoms. The molecule has 0 aliphatic heterocycles. The predicted molar refractivity (Wildman–Crippen MR) is 132 cm³/mol. The average Bonchev–Trinajstić information content (AvgIpc) is 2.82. The number of hydrogen-bond acceptors (Lipinski definition) is 4. The van der Waals surface area contributed by atoms with Crippen molar-refractivity contribution in [3.8, 4) is 11.3 Å². The van der Waals surface area contributed by atoms with Gasteiger partial charge in [-0.2, -0.15) is 0 Å². The van der Waals surface area contributed by atoms with Crippen molar-refractivity contribution in [3.63, 3.8) is 0 Å². The molecule has 1 spiro atoms. The molecule has 2 N–H and O–H groups in total. The van der Waals surface area contributed by atoms with E-state index in [1.807, 2.05) is 22.8 Å². The highest BCUT2D eigenvalue weighted by molar-refractivity contribution is 7.99. The second-order valence-electron chi connectivity index (χ2n) is 9.16. The van der Waals surface area contributed by atoms with E-state index < -0.39 is 0 Å². The first kappa shape index (κ1) is 21.5. The van der Waals surface area contributed by atoms with Crippen LogP contribution < -0.4 is 11.3 Å². The highest BCUT2D eigenvalue weighted by Gasteiger charge is 2.43. The number of nitrogens with zero attached hydrogens (tertiary/aromatic N) is 2. The molecule has 1 aromatic heterocycles. The van der Waals surface area contributed by atoms with Gasteiger partial charge in [-0.3, -0.25) is 9.36 Å². The van der Waals surface area contributed by atoms with Crippen LogP contribution >= 0.6 is 11.8 Å². The number of aromatic nitrogens is 2. The van der Waals surface area contributed by atoms with Gasteiger partial charge in [-0.15, -0.1) is 0 Å². The van der Waals surface area contributed by atoms with Crippen LogP contribution in [0, 0.1) is 0 Å². The molecule has 32 heavy (non-hydrogen) atoms. The molecular weight excluding hydrogens is 414 g/mol. The van der Waals surface area contributed by atoms with Crippen LogP contribution in [0.15, 0.2) is 64.5 Å². The highest BCUT2D eigenvalue weighted by Crippen LogP contribution is 2.48. The summed E-state index contributed by atoms with van der Waals surface area (Å²) in [4.78, 5) is 19.5. The SMILES string of the molecule is NCCCSc1nc2c(c(=O)n1Cc1ccccc1)C1(CCCCC1)Cc1ccccc1-2. The second-order valence-corrected chi connectivity index (χ2v) is 10.2. The van der Waals surface area contributed by atoms with Crippen LogP contribution in [0.25, 0.3) is 11.3 Å². The lowest BCUT2D eigenvalue weighted by atomic mass is 9.62. The molecule has 1 heterocycles. The third-order valence-electron chi connectivity index (χ3n) is 7.04. The van der Waals surface area contributed by atoms with Crippen molar-refractivity contribution in [3.05, 3.63) is 81.6 Å². The minimum atomic E-state index is -0.0785. The molecule has 4 nitrogen and oxygen atoms in total. The molecule has 0 saturated heterocycles. The van der Waals surface area contributed by atoms with Crippen LogP contribution in [-0.4, -0.2) is 21.8 Å². The van der Waals surface area contributed by atoms with E-state index in [9.17, 15) is 4.79 Å². The number of nitrogens with two attached hydrogens (primary N) is 1. The second kappa shape index (κ2) is 9.24. The molecule has 5 rings (SSSR count). The molecule has 0 radical (unpaired) electrons. The molecule has 3 aromatic rings. The van der Waals surface area contributed by atoms with Gasteiger partial charge >= 0.3 is 0 Å². The van der Waals surface area contributed by atoms with Crippen LogP contribution in [0.4, 0.5) is 0 Å². The van der Waals surface area contributed by atoms with Crippen molar-refractivity contribution in [1.29, 1.82) is 0 Å². The zero-order valence-electron chi connectivity index (χ0n) is 18.6. The summed E-state index contributed by atoms with van der Waals surface area (Å²) in [6, 6.07) is 18.8. The predicted octanol–water partition coefficient (Wildman–Crippen LogP) is 5.16.